The molecule has 0 saturated carbocycles. The lowest BCUT2D eigenvalue weighted by molar-refractivity contribution is 0.565. The molecule has 0 unspecified atom stereocenters. The fourth-order valence-corrected chi connectivity index (χ4v) is 1.49. The van der Waals surface area contributed by atoms with Gasteiger partial charge >= 0.3 is 0 Å². The summed E-state index contributed by atoms with van der Waals surface area (Å²) in [5.74, 6) is -0.292. The molecule has 0 saturated heterocycles. The van der Waals surface area contributed by atoms with Crippen molar-refractivity contribution in [2.24, 2.45) is 4.99 Å². The van der Waals surface area contributed by atoms with Gasteiger partial charge in [0, 0.05) is 5.56 Å². The fraction of sp³-hybridized carbons (Fsp3) is 0. The van der Waals surface area contributed by atoms with E-state index in [1.807, 2.05) is 12.1 Å². The van der Waals surface area contributed by atoms with Crippen molar-refractivity contribution in [2.45, 2.75) is 0 Å². The number of nitrogens with zero attached hydrogens (tertiary/aromatic N) is 1. The van der Waals surface area contributed by atoms with E-state index >= 15 is 0 Å². The van der Waals surface area contributed by atoms with Crippen molar-refractivity contribution in [2.75, 3.05) is 0 Å². The molecule has 2 aromatic carbocycles. The second kappa shape index (κ2) is 4.51. The van der Waals surface area contributed by atoms with Gasteiger partial charge < -0.3 is 0 Å². The van der Waals surface area contributed by atoms with E-state index in [1.54, 1.807) is 24.3 Å². The molecule has 2 rings (SSSR count). The van der Waals surface area contributed by atoms with Crippen LogP contribution in [-0.2, 0) is 4.79 Å². The van der Waals surface area contributed by atoms with Crippen LogP contribution in [0, 0.1) is 5.82 Å². The summed E-state index contributed by atoms with van der Waals surface area (Å²) in [6, 6.07) is 13.2. The number of carbonyl (C=O) groups excluding carboxylic acids is 1. The first-order valence-corrected chi connectivity index (χ1v) is 4.74. The highest BCUT2D eigenvalue weighted by molar-refractivity contribution is 5.77. The van der Waals surface area contributed by atoms with Gasteiger partial charge in [0.2, 0.25) is 6.08 Å². The standard InChI is InChI=1S/C13H8FNO/c14-11-7-5-10(6-8-11)12-3-1-2-4-13(12)15-9-16/h1-8H. The number of isocyanates is 1. The second-order valence-electron chi connectivity index (χ2n) is 3.23. The summed E-state index contributed by atoms with van der Waals surface area (Å²) in [7, 11) is 0. The zero-order chi connectivity index (χ0) is 11.4. The maximum absolute atomic E-state index is 12.8. The number of rotatable bonds is 2. The van der Waals surface area contributed by atoms with Crippen LogP contribution in [0.2, 0.25) is 0 Å². The third-order valence-corrected chi connectivity index (χ3v) is 2.23. The largest absolute Gasteiger partial charge is 0.240 e. The molecule has 2 aromatic rings. The van der Waals surface area contributed by atoms with Gasteiger partial charge in [0.25, 0.3) is 0 Å². The Morgan fingerprint density at radius 2 is 1.69 bits per heavy atom. The van der Waals surface area contributed by atoms with Crippen LogP contribution in [0.1, 0.15) is 0 Å². The molecule has 16 heavy (non-hydrogen) atoms. The third-order valence-electron chi connectivity index (χ3n) is 2.23. The molecule has 0 aromatic heterocycles. The second-order valence-corrected chi connectivity index (χ2v) is 3.23. The maximum Gasteiger partial charge on any atom is 0.240 e. The van der Waals surface area contributed by atoms with Gasteiger partial charge in [0.15, 0.2) is 0 Å². The molecule has 0 spiro atoms. The molecule has 0 amide bonds. The van der Waals surface area contributed by atoms with Crippen molar-refractivity contribution in [3.05, 3.63) is 54.3 Å². The van der Waals surface area contributed by atoms with Crippen molar-refractivity contribution in [1.29, 1.82) is 0 Å². The van der Waals surface area contributed by atoms with Gasteiger partial charge in [0.05, 0.1) is 5.69 Å². The number of para-hydroxylation sites is 1. The smallest absolute Gasteiger partial charge is 0.211 e. The predicted octanol–water partition coefficient (Wildman–Crippen LogP) is 3.46. The normalized spacial score (nSPS) is 9.56. The van der Waals surface area contributed by atoms with E-state index in [9.17, 15) is 9.18 Å². The number of hydrogen-bond acceptors (Lipinski definition) is 2. The molecule has 0 radical (unpaired) electrons. The Bertz CT molecular complexity index is 542. The Labute approximate surface area is 92.1 Å². The summed E-state index contributed by atoms with van der Waals surface area (Å²) in [5, 5.41) is 0. The molecule has 0 aliphatic rings. The van der Waals surface area contributed by atoms with Crippen LogP contribution < -0.4 is 0 Å². The molecule has 0 fully saturated rings. The van der Waals surface area contributed by atoms with Crippen molar-refractivity contribution < 1.29 is 9.18 Å². The third kappa shape index (κ3) is 2.05. The number of hydrogen-bond donors (Lipinski definition) is 0. The minimum atomic E-state index is -0.292. The van der Waals surface area contributed by atoms with Crippen LogP contribution in [-0.4, -0.2) is 6.08 Å². The number of benzene rings is 2. The zero-order valence-corrected chi connectivity index (χ0v) is 8.35. The van der Waals surface area contributed by atoms with Crippen LogP contribution >= 0.6 is 0 Å². The Balaban J connectivity index is 2.55. The Hall–Kier alpha value is -2.25. The monoisotopic (exact) mass is 213 g/mol. The molecule has 0 aliphatic carbocycles. The van der Waals surface area contributed by atoms with E-state index in [1.165, 1.54) is 18.2 Å². The SMILES string of the molecule is O=C=Nc1ccccc1-c1ccc(F)cc1. The lowest BCUT2D eigenvalue weighted by Gasteiger charge is -2.03. The Morgan fingerprint density at radius 1 is 1.00 bits per heavy atom. The Kier molecular flexibility index (Phi) is 2.90. The molecule has 3 heteroatoms. The van der Waals surface area contributed by atoms with E-state index < -0.39 is 0 Å². The van der Waals surface area contributed by atoms with Crippen LogP contribution in [0.15, 0.2) is 53.5 Å². The van der Waals surface area contributed by atoms with Gasteiger partial charge in [-0.05, 0) is 23.8 Å². The lowest BCUT2D eigenvalue weighted by Crippen LogP contribution is -1.79. The van der Waals surface area contributed by atoms with Crippen molar-refractivity contribution in [3.8, 4) is 11.1 Å². The molecular formula is C13H8FNO. The quantitative estimate of drug-likeness (QED) is 0.554. The van der Waals surface area contributed by atoms with Gasteiger partial charge in [-0.3, -0.25) is 0 Å². The predicted molar refractivity (Wildman–Crippen MR) is 59.6 cm³/mol. The minimum absolute atomic E-state index is 0.292. The van der Waals surface area contributed by atoms with E-state index in [4.69, 9.17) is 0 Å². The van der Waals surface area contributed by atoms with Crippen LogP contribution in [0.3, 0.4) is 0 Å². The van der Waals surface area contributed by atoms with Gasteiger partial charge in [0.1, 0.15) is 5.82 Å². The lowest BCUT2D eigenvalue weighted by atomic mass is 10.0. The van der Waals surface area contributed by atoms with E-state index in [2.05, 4.69) is 4.99 Å². The first-order valence-electron chi connectivity index (χ1n) is 4.74. The molecule has 78 valence electrons. The maximum atomic E-state index is 12.8. The molecule has 2 nitrogen and oxygen atoms in total. The van der Waals surface area contributed by atoms with Crippen LogP contribution in [0.5, 0.6) is 0 Å². The van der Waals surface area contributed by atoms with Crippen LogP contribution in [0.25, 0.3) is 11.1 Å². The first-order chi connectivity index (χ1) is 7.81. The molecule has 0 atom stereocenters. The summed E-state index contributed by atoms with van der Waals surface area (Å²) in [6.07, 6.45) is 1.51. The number of halogens is 1. The summed E-state index contributed by atoms with van der Waals surface area (Å²) < 4.78 is 12.8. The molecular weight excluding hydrogens is 205 g/mol. The van der Waals surface area contributed by atoms with Crippen LogP contribution in [0.4, 0.5) is 10.1 Å². The zero-order valence-electron chi connectivity index (χ0n) is 8.35. The Morgan fingerprint density at radius 3 is 2.38 bits per heavy atom. The highest BCUT2D eigenvalue weighted by Crippen LogP contribution is 2.29. The number of aliphatic imine (C=N–C) groups is 1. The minimum Gasteiger partial charge on any atom is -0.211 e. The topological polar surface area (TPSA) is 29.4 Å². The van der Waals surface area contributed by atoms with Gasteiger partial charge in [-0.15, -0.1) is 0 Å². The van der Waals surface area contributed by atoms with Crippen molar-refractivity contribution >= 4 is 11.8 Å². The summed E-state index contributed by atoms with van der Waals surface area (Å²) >= 11 is 0. The molecule has 0 N–H and O–H groups in total. The highest BCUT2D eigenvalue weighted by atomic mass is 19.1. The summed E-state index contributed by atoms with van der Waals surface area (Å²) in [4.78, 5) is 13.9. The van der Waals surface area contributed by atoms with E-state index in [0.717, 1.165) is 11.1 Å². The average molecular weight is 213 g/mol. The van der Waals surface area contributed by atoms with Gasteiger partial charge in [-0.2, -0.15) is 4.99 Å². The van der Waals surface area contributed by atoms with Gasteiger partial charge in [-0.25, -0.2) is 9.18 Å². The van der Waals surface area contributed by atoms with E-state index in [-0.39, 0.29) is 5.82 Å². The molecule has 0 aliphatic heterocycles. The summed E-state index contributed by atoms with van der Waals surface area (Å²) in [6.45, 7) is 0. The molecule has 0 heterocycles. The average Bonchev–Trinajstić information content (AvgIpc) is 2.32. The van der Waals surface area contributed by atoms with Gasteiger partial charge in [-0.1, -0.05) is 30.3 Å². The molecule has 0 bridgehead atoms. The summed E-state index contributed by atoms with van der Waals surface area (Å²) in [5.41, 5.74) is 2.13. The van der Waals surface area contributed by atoms with Crippen molar-refractivity contribution in [3.63, 3.8) is 0 Å². The first kappa shape index (κ1) is 10.3. The highest BCUT2D eigenvalue weighted by Gasteiger charge is 2.03. The van der Waals surface area contributed by atoms with Crippen molar-refractivity contribution in [1.82, 2.24) is 0 Å². The fourth-order valence-electron chi connectivity index (χ4n) is 1.49. The van der Waals surface area contributed by atoms with E-state index in [0.29, 0.717) is 5.69 Å².